The van der Waals surface area contributed by atoms with E-state index in [0.717, 1.165) is 13.1 Å². The maximum atomic E-state index is 12.5. The first kappa shape index (κ1) is 14.7. The topological polar surface area (TPSA) is 98.9 Å². The van der Waals surface area contributed by atoms with Crippen molar-refractivity contribution in [1.82, 2.24) is 15.1 Å². The lowest BCUT2D eigenvalue weighted by atomic mass is 9.91. The van der Waals surface area contributed by atoms with Crippen molar-refractivity contribution in [3.05, 3.63) is 0 Å². The molecular formula is C14H24N4O3. The summed E-state index contributed by atoms with van der Waals surface area (Å²) in [5, 5.41) is 13.3. The van der Waals surface area contributed by atoms with Crippen molar-refractivity contribution < 1.29 is 14.7 Å². The predicted molar refractivity (Wildman–Crippen MR) is 76.3 cm³/mol. The van der Waals surface area contributed by atoms with Crippen LogP contribution in [0.1, 0.15) is 19.3 Å². The Labute approximate surface area is 124 Å². The van der Waals surface area contributed by atoms with Crippen molar-refractivity contribution in [3.63, 3.8) is 0 Å². The summed E-state index contributed by atoms with van der Waals surface area (Å²) in [6, 6.07) is 0.263. The summed E-state index contributed by atoms with van der Waals surface area (Å²) in [6.45, 7) is 3.51. The normalized spacial score (nSPS) is 29.6. The molecule has 3 heterocycles. The Balaban J connectivity index is 1.55. The van der Waals surface area contributed by atoms with Crippen molar-refractivity contribution in [2.45, 2.75) is 30.9 Å². The van der Waals surface area contributed by atoms with E-state index in [1.54, 1.807) is 4.90 Å². The highest BCUT2D eigenvalue weighted by molar-refractivity contribution is 5.89. The van der Waals surface area contributed by atoms with Gasteiger partial charge in [-0.15, -0.1) is 0 Å². The molecule has 0 bridgehead atoms. The largest absolute Gasteiger partial charge is 0.388 e. The van der Waals surface area contributed by atoms with Gasteiger partial charge in [-0.05, 0) is 12.8 Å². The van der Waals surface area contributed by atoms with Crippen LogP contribution >= 0.6 is 0 Å². The third-order valence-corrected chi connectivity index (χ3v) is 5.09. The third kappa shape index (κ3) is 2.77. The van der Waals surface area contributed by atoms with Gasteiger partial charge in [-0.1, -0.05) is 0 Å². The van der Waals surface area contributed by atoms with Crippen LogP contribution in [0.25, 0.3) is 0 Å². The SMILES string of the molecule is NCC1(O)CCN(C(=O)C2CC(=O)N(C3CNC3)C2)CC1. The Morgan fingerprint density at radius 1 is 1.38 bits per heavy atom. The van der Waals surface area contributed by atoms with Crippen LogP contribution in [-0.2, 0) is 9.59 Å². The van der Waals surface area contributed by atoms with Gasteiger partial charge in [0.05, 0.1) is 17.6 Å². The molecule has 0 aliphatic carbocycles. The number of likely N-dealkylation sites (tertiary alicyclic amines) is 2. The summed E-state index contributed by atoms with van der Waals surface area (Å²) in [5.41, 5.74) is 4.73. The molecule has 3 saturated heterocycles. The summed E-state index contributed by atoms with van der Waals surface area (Å²) in [5.74, 6) is -0.0744. The van der Waals surface area contributed by atoms with Gasteiger partial charge in [0.1, 0.15) is 0 Å². The first-order chi connectivity index (χ1) is 10.0. The van der Waals surface area contributed by atoms with Crippen molar-refractivity contribution in [2.24, 2.45) is 11.7 Å². The number of piperidine rings is 1. The number of nitrogens with one attached hydrogen (secondary N) is 1. The Kier molecular flexibility index (Phi) is 3.90. The zero-order chi connectivity index (χ0) is 15.0. The lowest BCUT2D eigenvalue weighted by Crippen LogP contribution is -2.57. The molecule has 0 aromatic rings. The minimum atomic E-state index is -0.827. The van der Waals surface area contributed by atoms with Crippen LogP contribution in [-0.4, -0.2) is 77.6 Å². The Hall–Kier alpha value is -1.18. The van der Waals surface area contributed by atoms with Crippen LogP contribution in [0.3, 0.4) is 0 Å². The van der Waals surface area contributed by atoms with Gasteiger partial charge in [0.25, 0.3) is 0 Å². The van der Waals surface area contributed by atoms with E-state index in [1.165, 1.54) is 0 Å². The van der Waals surface area contributed by atoms with Gasteiger partial charge in [-0.3, -0.25) is 9.59 Å². The van der Waals surface area contributed by atoms with Crippen LogP contribution in [0.2, 0.25) is 0 Å². The van der Waals surface area contributed by atoms with E-state index in [0.29, 0.717) is 38.9 Å². The van der Waals surface area contributed by atoms with Crippen molar-refractivity contribution in [1.29, 1.82) is 0 Å². The molecule has 4 N–H and O–H groups in total. The van der Waals surface area contributed by atoms with Crippen LogP contribution in [0, 0.1) is 5.92 Å². The van der Waals surface area contributed by atoms with Gasteiger partial charge in [-0.2, -0.15) is 0 Å². The second kappa shape index (κ2) is 5.55. The Morgan fingerprint density at radius 3 is 2.57 bits per heavy atom. The number of nitrogens with two attached hydrogens (primary N) is 1. The third-order valence-electron chi connectivity index (χ3n) is 5.09. The number of hydrogen-bond acceptors (Lipinski definition) is 5. The van der Waals surface area contributed by atoms with E-state index < -0.39 is 5.60 Å². The zero-order valence-electron chi connectivity index (χ0n) is 12.3. The molecule has 0 spiro atoms. The van der Waals surface area contributed by atoms with Crippen LogP contribution in [0.15, 0.2) is 0 Å². The minimum absolute atomic E-state index is 0.0530. The number of carbonyl (C=O) groups is 2. The molecule has 118 valence electrons. The lowest BCUT2D eigenvalue weighted by molar-refractivity contribution is -0.139. The Bertz CT molecular complexity index is 430. The molecule has 0 aromatic carbocycles. The smallest absolute Gasteiger partial charge is 0.227 e. The molecule has 21 heavy (non-hydrogen) atoms. The van der Waals surface area contributed by atoms with E-state index in [-0.39, 0.29) is 30.3 Å². The van der Waals surface area contributed by atoms with Gasteiger partial charge < -0.3 is 26.0 Å². The zero-order valence-corrected chi connectivity index (χ0v) is 12.3. The average molecular weight is 296 g/mol. The standard InChI is InChI=1S/C14H24N4O3/c15-9-14(21)1-3-17(4-2-14)13(20)10-5-12(19)18(8-10)11-6-16-7-11/h10-11,16,21H,1-9,15H2. The van der Waals surface area contributed by atoms with E-state index in [9.17, 15) is 14.7 Å². The van der Waals surface area contributed by atoms with Crippen LogP contribution in [0.5, 0.6) is 0 Å². The van der Waals surface area contributed by atoms with E-state index >= 15 is 0 Å². The van der Waals surface area contributed by atoms with Gasteiger partial charge in [0.2, 0.25) is 11.8 Å². The van der Waals surface area contributed by atoms with Gasteiger partial charge in [0.15, 0.2) is 0 Å². The van der Waals surface area contributed by atoms with Crippen molar-refractivity contribution in [3.8, 4) is 0 Å². The molecule has 7 nitrogen and oxygen atoms in total. The highest BCUT2D eigenvalue weighted by Gasteiger charge is 2.42. The average Bonchev–Trinajstić information content (AvgIpc) is 2.79. The number of amides is 2. The second-order valence-corrected chi connectivity index (χ2v) is 6.51. The van der Waals surface area contributed by atoms with Gasteiger partial charge in [0, 0.05) is 45.7 Å². The monoisotopic (exact) mass is 296 g/mol. The highest BCUT2D eigenvalue weighted by Crippen LogP contribution is 2.27. The van der Waals surface area contributed by atoms with E-state index in [2.05, 4.69) is 5.32 Å². The number of aliphatic hydroxyl groups is 1. The summed E-state index contributed by atoms with van der Waals surface area (Å²) in [4.78, 5) is 28.2. The van der Waals surface area contributed by atoms with Crippen LogP contribution < -0.4 is 11.1 Å². The molecular weight excluding hydrogens is 272 g/mol. The molecule has 0 radical (unpaired) electrons. The summed E-state index contributed by atoms with van der Waals surface area (Å²) in [7, 11) is 0. The molecule has 2 amide bonds. The summed E-state index contributed by atoms with van der Waals surface area (Å²) in [6.07, 6.45) is 1.37. The molecule has 3 aliphatic heterocycles. The quantitative estimate of drug-likeness (QED) is 0.566. The number of hydrogen-bond donors (Lipinski definition) is 3. The van der Waals surface area contributed by atoms with Gasteiger partial charge in [-0.25, -0.2) is 0 Å². The molecule has 0 saturated carbocycles. The second-order valence-electron chi connectivity index (χ2n) is 6.51. The highest BCUT2D eigenvalue weighted by atomic mass is 16.3. The maximum absolute atomic E-state index is 12.5. The fraction of sp³-hybridized carbons (Fsp3) is 0.857. The molecule has 3 rings (SSSR count). The minimum Gasteiger partial charge on any atom is -0.388 e. The molecule has 1 unspecified atom stereocenters. The fourth-order valence-electron chi connectivity index (χ4n) is 3.35. The molecule has 3 fully saturated rings. The molecule has 1 atom stereocenters. The molecule has 7 heteroatoms. The molecule has 3 aliphatic rings. The number of carbonyl (C=O) groups excluding carboxylic acids is 2. The lowest BCUT2D eigenvalue weighted by Gasteiger charge is -2.38. The summed E-state index contributed by atoms with van der Waals surface area (Å²) < 4.78 is 0. The fourth-order valence-corrected chi connectivity index (χ4v) is 3.35. The number of nitrogens with zero attached hydrogens (tertiary/aromatic N) is 2. The predicted octanol–water partition coefficient (Wildman–Crippen LogP) is -1.88. The first-order valence-corrected chi connectivity index (χ1v) is 7.74. The first-order valence-electron chi connectivity index (χ1n) is 7.74. The van der Waals surface area contributed by atoms with E-state index in [4.69, 9.17) is 5.73 Å². The summed E-state index contributed by atoms with van der Waals surface area (Å²) >= 11 is 0. The van der Waals surface area contributed by atoms with Crippen molar-refractivity contribution in [2.75, 3.05) is 39.3 Å². The van der Waals surface area contributed by atoms with Crippen molar-refractivity contribution >= 4 is 11.8 Å². The van der Waals surface area contributed by atoms with E-state index in [1.807, 2.05) is 4.90 Å². The number of rotatable bonds is 3. The molecule has 0 aromatic heterocycles. The Morgan fingerprint density at radius 2 is 2.05 bits per heavy atom. The maximum Gasteiger partial charge on any atom is 0.227 e. The van der Waals surface area contributed by atoms with Gasteiger partial charge >= 0.3 is 0 Å². The van der Waals surface area contributed by atoms with Crippen LogP contribution in [0.4, 0.5) is 0 Å².